The minimum atomic E-state index is -4.50. The molecule has 4 nitrogen and oxygen atoms in total. The summed E-state index contributed by atoms with van der Waals surface area (Å²) in [6.07, 6.45) is -3.87. The fourth-order valence-corrected chi connectivity index (χ4v) is 3.48. The van der Waals surface area contributed by atoms with Gasteiger partial charge in [0, 0.05) is 25.1 Å². The van der Waals surface area contributed by atoms with Crippen molar-refractivity contribution in [2.75, 3.05) is 5.32 Å². The summed E-state index contributed by atoms with van der Waals surface area (Å²) in [6, 6.07) is 11.3. The zero-order chi connectivity index (χ0) is 21.2. The zero-order valence-electron chi connectivity index (χ0n) is 16.3. The van der Waals surface area contributed by atoms with Crippen LogP contribution in [0.3, 0.4) is 0 Å². The van der Waals surface area contributed by atoms with Gasteiger partial charge in [0.1, 0.15) is 6.04 Å². The highest BCUT2D eigenvalue weighted by molar-refractivity contribution is 5.97. The van der Waals surface area contributed by atoms with Crippen molar-refractivity contribution in [1.82, 2.24) is 4.90 Å². The van der Waals surface area contributed by atoms with E-state index in [0.717, 1.165) is 23.3 Å². The van der Waals surface area contributed by atoms with Gasteiger partial charge in [0.25, 0.3) is 0 Å². The molecular weight excluding hydrogens is 381 g/mol. The van der Waals surface area contributed by atoms with E-state index < -0.39 is 23.7 Å². The summed E-state index contributed by atoms with van der Waals surface area (Å²) in [5.74, 6) is -0.499. The molecule has 0 saturated carbocycles. The van der Waals surface area contributed by atoms with Gasteiger partial charge in [-0.1, -0.05) is 44.2 Å². The second-order valence-corrected chi connectivity index (χ2v) is 7.68. The maximum atomic E-state index is 13.0. The molecular formula is C22H23F3N2O2. The molecule has 154 valence electrons. The van der Waals surface area contributed by atoms with Crippen LogP contribution in [-0.4, -0.2) is 22.8 Å². The molecule has 29 heavy (non-hydrogen) atoms. The zero-order valence-corrected chi connectivity index (χ0v) is 16.3. The second-order valence-electron chi connectivity index (χ2n) is 7.68. The standard InChI is InChI=1S/C22H23F3N2O2/c1-14(2)10-20(28)27-13-16-7-4-3-6-15(16)11-19(27)21(29)26-18-9-5-8-17(12-18)22(23,24)25/h3-9,12,14,19H,10-11,13H2,1-2H3,(H,26,29). The molecule has 0 aliphatic carbocycles. The van der Waals surface area contributed by atoms with Crippen molar-refractivity contribution >= 4 is 17.5 Å². The first kappa shape index (κ1) is 20.9. The fourth-order valence-electron chi connectivity index (χ4n) is 3.48. The summed E-state index contributed by atoms with van der Waals surface area (Å²) < 4.78 is 38.8. The number of benzene rings is 2. The van der Waals surface area contributed by atoms with Crippen LogP contribution in [0.1, 0.15) is 37.0 Å². The Morgan fingerprint density at radius 2 is 1.79 bits per heavy atom. The van der Waals surface area contributed by atoms with Gasteiger partial charge in [0.2, 0.25) is 11.8 Å². The second kappa shape index (κ2) is 8.27. The smallest absolute Gasteiger partial charge is 0.326 e. The minimum absolute atomic E-state index is 0.0555. The summed E-state index contributed by atoms with van der Waals surface area (Å²) in [4.78, 5) is 27.3. The van der Waals surface area contributed by atoms with Crippen LogP contribution in [0.15, 0.2) is 48.5 Å². The Kier molecular flexibility index (Phi) is 5.96. The summed E-state index contributed by atoms with van der Waals surface area (Å²) >= 11 is 0. The van der Waals surface area contributed by atoms with E-state index in [0.29, 0.717) is 19.4 Å². The van der Waals surface area contributed by atoms with E-state index in [2.05, 4.69) is 5.32 Å². The Bertz CT molecular complexity index is 909. The average molecular weight is 404 g/mol. The van der Waals surface area contributed by atoms with Crippen LogP contribution >= 0.6 is 0 Å². The Morgan fingerprint density at radius 1 is 1.10 bits per heavy atom. The van der Waals surface area contributed by atoms with Crippen LogP contribution < -0.4 is 5.32 Å². The quantitative estimate of drug-likeness (QED) is 0.807. The Balaban J connectivity index is 1.85. The Morgan fingerprint density at radius 3 is 2.45 bits per heavy atom. The number of anilines is 1. The molecule has 2 aromatic carbocycles. The number of rotatable bonds is 4. The SMILES string of the molecule is CC(C)CC(=O)N1Cc2ccccc2CC1C(=O)Nc1cccc(C(F)(F)F)c1. The van der Waals surface area contributed by atoms with E-state index >= 15 is 0 Å². The van der Waals surface area contributed by atoms with Crippen LogP contribution in [-0.2, 0) is 28.7 Å². The third-order valence-electron chi connectivity index (χ3n) is 4.91. The van der Waals surface area contributed by atoms with Gasteiger partial charge in [-0.25, -0.2) is 0 Å². The first-order chi connectivity index (χ1) is 13.6. The van der Waals surface area contributed by atoms with Crippen molar-refractivity contribution in [3.63, 3.8) is 0 Å². The predicted molar refractivity (Wildman–Crippen MR) is 104 cm³/mol. The van der Waals surface area contributed by atoms with Crippen LogP contribution in [0.5, 0.6) is 0 Å². The monoisotopic (exact) mass is 404 g/mol. The molecule has 1 aliphatic heterocycles. The number of carbonyl (C=O) groups excluding carboxylic acids is 2. The van der Waals surface area contributed by atoms with Crippen molar-refractivity contribution in [2.24, 2.45) is 5.92 Å². The van der Waals surface area contributed by atoms with Crippen molar-refractivity contribution < 1.29 is 22.8 Å². The highest BCUT2D eigenvalue weighted by Crippen LogP contribution is 2.31. The lowest BCUT2D eigenvalue weighted by Gasteiger charge is -2.36. The molecule has 2 amide bonds. The van der Waals surface area contributed by atoms with E-state index in [1.807, 2.05) is 38.1 Å². The molecule has 7 heteroatoms. The number of amides is 2. The van der Waals surface area contributed by atoms with Gasteiger partial charge >= 0.3 is 6.18 Å². The molecule has 0 spiro atoms. The lowest BCUT2D eigenvalue weighted by Crippen LogP contribution is -2.50. The Hall–Kier alpha value is -2.83. The van der Waals surface area contributed by atoms with Gasteiger partial charge in [-0.3, -0.25) is 9.59 Å². The lowest BCUT2D eigenvalue weighted by molar-refractivity contribution is -0.140. The highest BCUT2D eigenvalue weighted by atomic mass is 19.4. The summed E-state index contributed by atoms with van der Waals surface area (Å²) in [5, 5.41) is 2.56. The van der Waals surface area contributed by atoms with E-state index in [1.165, 1.54) is 17.0 Å². The predicted octanol–water partition coefficient (Wildman–Crippen LogP) is 4.64. The highest BCUT2D eigenvalue weighted by Gasteiger charge is 2.35. The van der Waals surface area contributed by atoms with Gasteiger partial charge < -0.3 is 10.2 Å². The largest absolute Gasteiger partial charge is 0.416 e. The van der Waals surface area contributed by atoms with Gasteiger partial charge in [-0.2, -0.15) is 13.2 Å². The van der Waals surface area contributed by atoms with E-state index in [-0.39, 0.29) is 17.5 Å². The van der Waals surface area contributed by atoms with Gasteiger partial charge in [0.05, 0.1) is 5.56 Å². The van der Waals surface area contributed by atoms with E-state index in [1.54, 1.807) is 0 Å². The third-order valence-corrected chi connectivity index (χ3v) is 4.91. The van der Waals surface area contributed by atoms with Crippen LogP contribution in [0.4, 0.5) is 18.9 Å². The average Bonchev–Trinajstić information content (AvgIpc) is 2.66. The summed E-state index contributed by atoms with van der Waals surface area (Å²) in [6.45, 7) is 4.16. The topological polar surface area (TPSA) is 49.4 Å². The molecule has 2 aromatic rings. The first-order valence-electron chi connectivity index (χ1n) is 9.49. The van der Waals surface area contributed by atoms with Crippen LogP contribution in [0.2, 0.25) is 0 Å². The molecule has 0 saturated heterocycles. The van der Waals surface area contributed by atoms with Crippen LogP contribution in [0.25, 0.3) is 0 Å². The number of hydrogen-bond donors (Lipinski definition) is 1. The van der Waals surface area contributed by atoms with E-state index in [4.69, 9.17) is 0 Å². The molecule has 0 bridgehead atoms. The number of alkyl halides is 3. The van der Waals surface area contributed by atoms with Gasteiger partial charge in [0.15, 0.2) is 0 Å². The van der Waals surface area contributed by atoms with Crippen molar-refractivity contribution in [3.8, 4) is 0 Å². The molecule has 1 N–H and O–H groups in total. The van der Waals surface area contributed by atoms with Crippen molar-refractivity contribution in [1.29, 1.82) is 0 Å². The van der Waals surface area contributed by atoms with Crippen molar-refractivity contribution in [3.05, 3.63) is 65.2 Å². The maximum Gasteiger partial charge on any atom is 0.416 e. The van der Waals surface area contributed by atoms with E-state index in [9.17, 15) is 22.8 Å². The molecule has 1 aliphatic rings. The summed E-state index contributed by atoms with van der Waals surface area (Å²) in [5.41, 5.74) is 1.16. The third kappa shape index (κ3) is 4.96. The minimum Gasteiger partial charge on any atom is -0.326 e. The van der Waals surface area contributed by atoms with Gasteiger partial charge in [-0.05, 0) is 35.2 Å². The first-order valence-corrected chi connectivity index (χ1v) is 9.49. The molecule has 0 fully saturated rings. The molecule has 3 rings (SSSR count). The number of nitrogens with one attached hydrogen (secondary N) is 1. The van der Waals surface area contributed by atoms with Gasteiger partial charge in [-0.15, -0.1) is 0 Å². The molecule has 0 radical (unpaired) electrons. The van der Waals surface area contributed by atoms with Crippen molar-refractivity contribution in [2.45, 2.75) is 45.5 Å². The lowest BCUT2D eigenvalue weighted by atomic mass is 9.92. The molecule has 1 unspecified atom stereocenters. The normalized spacial score (nSPS) is 16.5. The van der Waals surface area contributed by atoms with Crippen LogP contribution in [0, 0.1) is 5.92 Å². The number of hydrogen-bond acceptors (Lipinski definition) is 2. The number of fused-ring (bicyclic) bond motifs is 1. The maximum absolute atomic E-state index is 13.0. The number of halogens is 3. The molecule has 1 atom stereocenters. The fraction of sp³-hybridized carbons (Fsp3) is 0.364. The number of carbonyl (C=O) groups is 2. The number of nitrogens with zero attached hydrogens (tertiary/aromatic N) is 1. The molecule has 1 heterocycles. The Labute approximate surface area is 167 Å². The molecule has 0 aromatic heterocycles. The summed E-state index contributed by atoms with van der Waals surface area (Å²) in [7, 11) is 0.